The van der Waals surface area contributed by atoms with Gasteiger partial charge in [0.1, 0.15) is 0 Å². The highest BCUT2D eigenvalue weighted by molar-refractivity contribution is 7.09. The molecule has 6 heteroatoms. The molecule has 5 nitrogen and oxygen atoms in total. The Hall–Kier alpha value is -3.12. The Labute approximate surface area is 199 Å². The van der Waals surface area contributed by atoms with Gasteiger partial charge >= 0.3 is 12.0 Å². The monoisotopic (exact) mass is 462 g/mol. The molecule has 0 bridgehead atoms. The number of hydrogen-bond donors (Lipinski definition) is 2. The molecule has 3 aromatic rings. The molecule has 1 aliphatic rings. The second-order valence-corrected chi connectivity index (χ2v) is 11.0. The number of carboxylic acids is 1. The molecule has 4 rings (SSSR count). The van der Waals surface area contributed by atoms with Gasteiger partial charge in [0.2, 0.25) is 0 Å². The largest absolute Gasteiger partial charge is 0.478 e. The zero-order chi connectivity index (χ0) is 23.8. The van der Waals surface area contributed by atoms with Crippen LogP contribution in [-0.2, 0) is 17.4 Å². The van der Waals surface area contributed by atoms with Gasteiger partial charge in [-0.2, -0.15) is 0 Å². The molecule has 0 aliphatic heterocycles. The average molecular weight is 463 g/mol. The lowest BCUT2D eigenvalue weighted by atomic mass is 9.63. The van der Waals surface area contributed by atoms with E-state index in [1.165, 1.54) is 23.3 Å². The number of amides is 2. The van der Waals surface area contributed by atoms with Crippen LogP contribution in [0, 0.1) is 0 Å². The lowest BCUT2D eigenvalue weighted by Crippen LogP contribution is -2.36. The van der Waals surface area contributed by atoms with Crippen LogP contribution in [0.1, 0.15) is 66.9 Å². The van der Waals surface area contributed by atoms with Gasteiger partial charge in [0.05, 0.1) is 12.1 Å². The number of benzene rings is 2. The zero-order valence-corrected chi connectivity index (χ0v) is 20.3. The van der Waals surface area contributed by atoms with E-state index in [0.29, 0.717) is 12.2 Å². The van der Waals surface area contributed by atoms with E-state index in [2.05, 4.69) is 45.1 Å². The van der Waals surface area contributed by atoms with Crippen LogP contribution in [0.3, 0.4) is 0 Å². The highest BCUT2D eigenvalue weighted by Crippen LogP contribution is 2.46. The quantitative estimate of drug-likeness (QED) is 0.427. The fourth-order valence-electron chi connectivity index (χ4n) is 4.47. The summed E-state index contributed by atoms with van der Waals surface area (Å²) in [4.78, 5) is 27.4. The van der Waals surface area contributed by atoms with E-state index in [1.807, 2.05) is 23.6 Å². The third-order valence-corrected chi connectivity index (χ3v) is 7.53. The number of aromatic carboxylic acids is 1. The summed E-state index contributed by atoms with van der Waals surface area (Å²) in [6, 6.07) is 16.4. The van der Waals surface area contributed by atoms with Crippen molar-refractivity contribution in [2.24, 2.45) is 0 Å². The Kier molecular flexibility index (Phi) is 6.06. The first-order chi connectivity index (χ1) is 15.6. The number of carbonyl (C=O) groups is 2. The van der Waals surface area contributed by atoms with Gasteiger partial charge in [0, 0.05) is 16.3 Å². The van der Waals surface area contributed by atoms with Gasteiger partial charge in [-0.15, -0.1) is 11.3 Å². The predicted molar refractivity (Wildman–Crippen MR) is 135 cm³/mol. The number of fused-ring (bicyclic) bond motifs is 1. The summed E-state index contributed by atoms with van der Waals surface area (Å²) in [7, 11) is 0. The van der Waals surface area contributed by atoms with Gasteiger partial charge in [0.15, 0.2) is 0 Å². The summed E-state index contributed by atoms with van der Waals surface area (Å²) in [5.41, 5.74) is 4.39. The summed E-state index contributed by atoms with van der Waals surface area (Å²) >= 11 is 1.62. The van der Waals surface area contributed by atoms with Crippen LogP contribution in [-0.4, -0.2) is 17.1 Å². The number of thiophene rings is 1. The number of rotatable bonds is 5. The number of anilines is 2. The van der Waals surface area contributed by atoms with Gasteiger partial charge in [-0.3, -0.25) is 4.90 Å². The molecule has 2 N–H and O–H groups in total. The van der Waals surface area contributed by atoms with Crippen LogP contribution in [0.2, 0.25) is 0 Å². The summed E-state index contributed by atoms with van der Waals surface area (Å²) in [6.07, 6.45) is 2.24. The molecule has 1 heterocycles. The maximum Gasteiger partial charge on any atom is 0.335 e. The Morgan fingerprint density at radius 3 is 2.24 bits per heavy atom. The first-order valence-corrected chi connectivity index (χ1v) is 12.0. The Morgan fingerprint density at radius 2 is 1.64 bits per heavy atom. The van der Waals surface area contributed by atoms with E-state index in [-0.39, 0.29) is 22.4 Å². The lowest BCUT2D eigenvalue weighted by molar-refractivity contribution is 0.0697. The Balaban J connectivity index is 1.69. The fraction of sp³-hybridized carbons (Fsp3) is 0.333. The van der Waals surface area contributed by atoms with Crippen LogP contribution < -0.4 is 10.2 Å². The Bertz CT molecular complexity index is 1160. The summed E-state index contributed by atoms with van der Waals surface area (Å²) in [6.45, 7) is 9.59. The minimum atomic E-state index is -0.994. The van der Waals surface area contributed by atoms with Crippen molar-refractivity contribution in [1.82, 2.24) is 0 Å². The Morgan fingerprint density at radius 1 is 0.970 bits per heavy atom. The number of carbonyl (C=O) groups excluding carboxylic acids is 1. The molecule has 1 aliphatic carbocycles. The van der Waals surface area contributed by atoms with Gasteiger partial charge in [-0.05, 0) is 82.6 Å². The average Bonchev–Trinajstić information content (AvgIpc) is 3.29. The van der Waals surface area contributed by atoms with Crippen molar-refractivity contribution >= 4 is 34.7 Å². The number of hydrogen-bond acceptors (Lipinski definition) is 3. The third-order valence-electron chi connectivity index (χ3n) is 6.67. The molecule has 0 spiro atoms. The van der Waals surface area contributed by atoms with Crippen LogP contribution in [0.5, 0.6) is 0 Å². The summed E-state index contributed by atoms with van der Waals surface area (Å²) in [5.74, 6) is -0.994. The fourth-order valence-corrected chi connectivity index (χ4v) is 5.16. The van der Waals surface area contributed by atoms with Crippen molar-refractivity contribution in [2.45, 2.75) is 57.9 Å². The van der Waals surface area contributed by atoms with Gasteiger partial charge < -0.3 is 10.4 Å². The molecule has 2 aromatic carbocycles. The molecule has 33 heavy (non-hydrogen) atoms. The highest BCUT2D eigenvalue weighted by Gasteiger charge is 2.37. The molecule has 0 radical (unpaired) electrons. The van der Waals surface area contributed by atoms with Crippen molar-refractivity contribution in [3.05, 3.63) is 81.5 Å². The molecule has 0 fully saturated rings. The van der Waals surface area contributed by atoms with E-state index in [9.17, 15) is 9.59 Å². The van der Waals surface area contributed by atoms with E-state index in [0.717, 1.165) is 23.4 Å². The van der Waals surface area contributed by atoms with E-state index in [1.54, 1.807) is 28.4 Å². The van der Waals surface area contributed by atoms with Gasteiger partial charge in [-0.25, -0.2) is 9.59 Å². The lowest BCUT2D eigenvalue weighted by Gasteiger charge is -2.42. The van der Waals surface area contributed by atoms with Crippen molar-refractivity contribution in [3.8, 4) is 0 Å². The van der Waals surface area contributed by atoms with Crippen LogP contribution in [0.15, 0.2) is 60.0 Å². The normalized spacial score (nSPS) is 16.0. The molecule has 0 saturated heterocycles. The molecular formula is C27H30N2O3S. The zero-order valence-electron chi connectivity index (χ0n) is 19.5. The SMILES string of the molecule is CC1(C)CCC(C)(C)c2cc(N(Cc3cccs3)C(=O)Nc3ccc(C(=O)O)cc3)ccc21. The van der Waals surface area contributed by atoms with E-state index >= 15 is 0 Å². The van der Waals surface area contributed by atoms with E-state index < -0.39 is 5.97 Å². The smallest absolute Gasteiger partial charge is 0.335 e. The topological polar surface area (TPSA) is 69.6 Å². The standard InChI is InChI=1S/C27H30N2O3S/c1-26(2)13-14-27(3,4)23-16-20(11-12-22(23)26)29(17-21-6-5-15-33-21)25(32)28-19-9-7-18(8-10-19)24(30)31/h5-12,15-16H,13-14,17H2,1-4H3,(H,28,32)(H,30,31). The summed E-state index contributed by atoms with van der Waals surface area (Å²) < 4.78 is 0. The molecule has 0 unspecified atom stereocenters. The number of carboxylic acid groups (broad SMARTS) is 1. The van der Waals surface area contributed by atoms with Crippen LogP contribution in [0.4, 0.5) is 16.2 Å². The maximum absolute atomic E-state index is 13.4. The van der Waals surface area contributed by atoms with Crippen molar-refractivity contribution in [1.29, 1.82) is 0 Å². The second kappa shape index (κ2) is 8.67. The number of nitrogens with one attached hydrogen (secondary N) is 1. The van der Waals surface area contributed by atoms with E-state index in [4.69, 9.17) is 5.11 Å². The van der Waals surface area contributed by atoms with Crippen molar-refractivity contribution < 1.29 is 14.7 Å². The third kappa shape index (κ3) is 4.81. The summed E-state index contributed by atoms with van der Waals surface area (Å²) in [5, 5.41) is 14.1. The minimum absolute atomic E-state index is 0.0403. The molecular weight excluding hydrogens is 432 g/mol. The van der Waals surface area contributed by atoms with Crippen molar-refractivity contribution in [2.75, 3.05) is 10.2 Å². The second-order valence-electron chi connectivity index (χ2n) is 9.98. The maximum atomic E-state index is 13.4. The minimum Gasteiger partial charge on any atom is -0.478 e. The van der Waals surface area contributed by atoms with Gasteiger partial charge in [-0.1, -0.05) is 39.8 Å². The predicted octanol–water partition coefficient (Wildman–Crippen LogP) is 7.03. The van der Waals surface area contributed by atoms with Gasteiger partial charge in [0.25, 0.3) is 0 Å². The molecule has 0 saturated carbocycles. The number of urea groups is 1. The molecule has 2 amide bonds. The molecule has 172 valence electrons. The van der Waals surface area contributed by atoms with Crippen molar-refractivity contribution in [3.63, 3.8) is 0 Å². The van der Waals surface area contributed by atoms with Crippen LogP contribution >= 0.6 is 11.3 Å². The first-order valence-electron chi connectivity index (χ1n) is 11.2. The molecule has 0 atom stereocenters. The first kappa shape index (κ1) is 23.1. The number of nitrogens with zero attached hydrogens (tertiary/aromatic N) is 1. The molecule has 1 aromatic heterocycles. The van der Waals surface area contributed by atoms with Crippen LogP contribution in [0.25, 0.3) is 0 Å². The highest BCUT2D eigenvalue weighted by atomic mass is 32.1.